The Kier molecular flexibility index (Phi) is 5.62. The summed E-state index contributed by atoms with van der Waals surface area (Å²) in [5.74, 6) is -0.762. The molecule has 0 aliphatic carbocycles. The predicted octanol–water partition coefficient (Wildman–Crippen LogP) is 2.84. The number of halogens is 1. The summed E-state index contributed by atoms with van der Waals surface area (Å²) in [5.41, 5.74) is 6.61. The monoisotopic (exact) mass is 378 g/mol. The maximum Gasteiger partial charge on any atom is 0.255 e. The van der Waals surface area contributed by atoms with Crippen LogP contribution >= 0.6 is 0 Å². The Morgan fingerprint density at radius 2 is 1.93 bits per heavy atom. The molecule has 28 heavy (non-hydrogen) atoms. The summed E-state index contributed by atoms with van der Waals surface area (Å²) in [6.07, 6.45) is 1.03. The highest BCUT2D eigenvalue weighted by atomic mass is 19.1. The average molecular weight is 378 g/mol. The first kappa shape index (κ1) is 18.6. The number of aromatic nitrogens is 2. The molecule has 4 N–H and O–H groups in total. The standard InChI is InChI=1S/C19H15FN6O2/c20-16-10-23-19(25-13-4-1-3-12(7-13)9-21)26-18(16)24-14-5-2-6-15(8-14)28-11-17(22)27/h1-8,10H,11H2,(H2,22,27)(H2,23,24,25,26). The number of ether oxygens (including phenoxy) is 1. The highest BCUT2D eigenvalue weighted by molar-refractivity contribution is 5.75. The molecule has 140 valence electrons. The van der Waals surface area contributed by atoms with Crippen molar-refractivity contribution in [3.05, 3.63) is 66.1 Å². The van der Waals surface area contributed by atoms with E-state index in [9.17, 15) is 9.18 Å². The van der Waals surface area contributed by atoms with Crippen LogP contribution in [0.15, 0.2) is 54.7 Å². The minimum Gasteiger partial charge on any atom is -0.484 e. The Labute approximate surface area is 159 Å². The number of rotatable bonds is 7. The van der Waals surface area contributed by atoms with Crippen molar-refractivity contribution in [3.63, 3.8) is 0 Å². The first-order valence-electron chi connectivity index (χ1n) is 8.11. The number of nitrogens with two attached hydrogens (primary N) is 1. The van der Waals surface area contributed by atoms with Crippen LogP contribution in [0.5, 0.6) is 5.75 Å². The fourth-order valence-electron chi connectivity index (χ4n) is 2.27. The molecule has 0 saturated heterocycles. The van der Waals surface area contributed by atoms with Crippen molar-refractivity contribution < 1.29 is 13.9 Å². The van der Waals surface area contributed by atoms with Crippen molar-refractivity contribution in [3.8, 4) is 11.8 Å². The summed E-state index contributed by atoms with van der Waals surface area (Å²) in [7, 11) is 0. The summed E-state index contributed by atoms with van der Waals surface area (Å²) in [6.45, 7) is -0.263. The highest BCUT2D eigenvalue weighted by Crippen LogP contribution is 2.23. The number of benzene rings is 2. The molecule has 0 aliphatic heterocycles. The van der Waals surface area contributed by atoms with Gasteiger partial charge in [-0.3, -0.25) is 4.79 Å². The highest BCUT2D eigenvalue weighted by Gasteiger charge is 2.09. The lowest BCUT2D eigenvalue weighted by Crippen LogP contribution is -2.20. The second-order valence-corrected chi connectivity index (χ2v) is 5.62. The van der Waals surface area contributed by atoms with E-state index in [1.165, 1.54) is 0 Å². The molecule has 1 amide bonds. The molecule has 0 atom stereocenters. The van der Waals surface area contributed by atoms with Crippen LogP contribution in [0.3, 0.4) is 0 Å². The lowest BCUT2D eigenvalue weighted by molar-refractivity contribution is -0.119. The first-order valence-corrected chi connectivity index (χ1v) is 8.11. The summed E-state index contributed by atoms with van der Waals surface area (Å²) >= 11 is 0. The van der Waals surface area contributed by atoms with Gasteiger partial charge in [-0.1, -0.05) is 12.1 Å². The molecule has 0 fully saturated rings. The summed E-state index contributed by atoms with van der Waals surface area (Å²) < 4.78 is 19.3. The molecule has 1 heterocycles. The molecule has 0 aliphatic rings. The zero-order valence-corrected chi connectivity index (χ0v) is 14.5. The fourth-order valence-corrected chi connectivity index (χ4v) is 2.27. The third kappa shape index (κ3) is 4.92. The summed E-state index contributed by atoms with van der Waals surface area (Å²) in [4.78, 5) is 18.8. The smallest absolute Gasteiger partial charge is 0.255 e. The predicted molar refractivity (Wildman–Crippen MR) is 101 cm³/mol. The number of amides is 1. The van der Waals surface area contributed by atoms with E-state index in [0.717, 1.165) is 6.20 Å². The van der Waals surface area contributed by atoms with E-state index in [4.69, 9.17) is 15.7 Å². The van der Waals surface area contributed by atoms with Crippen molar-refractivity contribution in [1.29, 1.82) is 5.26 Å². The molecule has 9 heteroatoms. The largest absolute Gasteiger partial charge is 0.484 e. The van der Waals surface area contributed by atoms with Crippen molar-refractivity contribution in [2.75, 3.05) is 17.2 Å². The van der Waals surface area contributed by atoms with Gasteiger partial charge in [-0.2, -0.15) is 10.2 Å². The third-order valence-electron chi connectivity index (χ3n) is 3.47. The molecule has 0 saturated carbocycles. The number of anilines is 4. The van der Waals surface area contributed by atoms with Crippen LogP contribution in [0.25, 0.3) is 0 Å². The number of carbonyl (C=O) groups is 1. The number of nitriles is 1. The second kappa shape index (κ2) is 8.46. The van der Waals surface area contributed by atoms with Gasteiger partial charge < -0.3 is 21.1 Å². The van der Waals surface area contributed by atoms with Crippen LogP contribution in [-0.4, -0.2) is 22.5 Å². The number of hydrogen-bond donors (Lipinski definition) is 3. The van der Waals surface area contributed by atoms with Gasteiger partial charge in [-0.15, -0.1) is 0 Å². The van der Waals surface area contributed by atoms with Gasteiger partial charge >= 0.3 is 0 Å². The Morgan fingerprint density at radius 1 is 1.18 bits per heavy atom. The molecular formula is C19H15FN6O2. The summed E-state index contributed by atoms with van der Waals surface area (Å²) in [5, 5.41) is 14.7. The number of primary amides is 1. The normalized spacial score (nSPS) is 10.0. The Bertz CT molecular complexity index is 1050. The van der Waals surface area contributed by atoms with Gasteiger partial charge in [0, 0.05) is 17.4 Å². The summed E-state index contributed by atoms with van der Waals surface area (Å²) in [6, 6.07) is 15.3. The maximum atomic E-state index is 14.1. The van der Waals surface area contributed by atoms with Crippen LogP contribution < -0.4 is 21.1 Å². The number of nitrogens with zero attached hydrogens (tertiary/aromatic N) is 3. The molecule has 2 aromatic carbocycles. The molecule has 3 rings (SSSR count). The van der Waals surface area contributed by atoms with E-state index < -0.39 is 11.7 Å². The molecular weight excluding hydrogens is 363 g/mol. The molecule has 0 bridgehead atoms. The van der Waals surface area contributed by atoms with Gasteiger partial charge in [0.25, 0.3) is 5.91 Å². The maximum absolute atomic E-state index is 14.1. The molecule has 3 aromatic rings. The fraction of sp³-hybridized carbons (Fsp3) is 0.0526. The first-order chi connectivity index (χ1) is 13.5. The van der Waals surface area contributed by atoms with Gasteiger partial charge in [0.05, 0.1) is 17.8 Å². The van der Waals surface area contributed by atoms with Gasteiger partial charge in [0.15, 0.2) is 18.2 Å². The van der Waals surface area contributed by atoms with E-state index >= 15 is 0 Å². The third-order valence-corrected chi connectivity index (χ3v) is 3.47. The van der Waals surface area contributed by atoms with Crippen molar-refractivity contribution in [1.82, 2.24) is 9.97 Å². The van der Waals surface area contributed by atoms with Crippen LogP contribution in [-0.2, 0) is 4.79 Å². The minimum atomic E-state index is -0.653. The second-order valence-electron chi connectivity index (χ2n) is 5.62. The van der Waals surface area contributed by atoms with E-state index in [2.05, 4.69) is 20.6 Å². The van der Waals surface area contributed by atoms with Gasteiger partial charge in [-0.05, 0) is 30.3 Å². The van der Waals surface area contributed by atoms with Crippen LogP contribution in [0.2, 0.25) is 0 Å². The Hall–Kier alpha value is -4.19. The zero-order valence-electron chi connectivity index (χ0n) is 14.5. The minimum absolute atomic E-state index is 0.0546. The van der Waals surface area contributed by atoms with Crippen molar-refractivity contribution >= 4 is 29.0 Å². The lowest BCUT2D eigenvalue weighted by atomic mass is 10.2. The van der Waals surface area contributed by atoms with E-state index in [0.29, 0.717) is 22.7 Å². The number of carbonyl (C=O) groups excluding carboxylic acids is 1. The van der Waals surface area contributed by atoms with Gasteiger partial charge in [0.1, 0.15) is 5.75 Å². The Balaban J connectivity index is 1.77. The van der Waals surface area contributed by atoms with Crippen molar-refractivity contribution in [2.45, 2.75) is 0 Å². The molecule has 1 aromatic heterocycles. The number of hydrogen-bond acceptors (Lipinski definition) is 7. The van der Waals surface area contributed by atoms with Gasteiger partial charge in [0.2, 0.25) is 5.95 Å². The van der Waals surface area contributed by atoms with Crippen molar-refractivity contribution in [2.24, 2.45) is 5.73 Å². The molecule has 0 unspecified atom stereocenters. The Morgan fingerprint density at radius 3 is 2.68 bits per heavy atom. The van der Waals surface area contributed by atoms with E-state index in [-0.39, 0.29) is 18.4 Å². The van der Waals surface area contributed by atoms with Gasteiger partial charge in [-0.25, -0.2) is 9.37 Å². The topological polar surface area (TPSA) is 126 Å². The molecule has 0 radical (unpaired) electrons. The zero-order chi connectivity index (χ0) is 19.9. The van der Waals surface area contributed by atoms with E-state index in [1.807, 2.05) is 6.07 Å². The number of nitrogens with one attached hydrogen (secondary N) is 2. The molecule has 8 nitrogen and oxygen atoms in total. The van der Waals surface area contributed by atoms with Crippen LogP contribution in [0, 0.1) is 17.1 Å². The van der Waals surface area contributed by atoms with Crippen LogP contribution in [0.4, 0.5) is 27.5 Å². The average Bonchev–Trinajstić information content (AvgIpc) is 2.69. The molecule has 0 spiro atoms. The lowest BCUT2D eigenvalue weighted by Gasteiger charge is -2.11. The van der Waals surface area contributed by atoms with E-state index in [1.54, 1.807) is 48.5 Å². The quantitative estimate of drug-likeness (QED) is 0.577. The van der Waals surface area contributed by atoms with Crippen LogP contribution in [0.1, 0.15) is 5.56 Å². The SMILES string of the molecule is N#Cc1cccc(Nc2ncc(F)c(Nc3cccc(OCC(N)=O)c3)n2)c1.